The zero-order valence-electron chi connectivity index (χ0n) is 15.6. The molecule has 0 amide bonds. The highest BCUT2D eigenvalue weighted by atomic mass is 32.2. The van der Waals surface area contributed by atoms with Crippen molar-refractivity contribution >= 4 is 16.0 Å². The molecule has 26 heavy (non-hydrogen) atoms. The SMILES string of the molecule is CCNC(=NCC1(C)CCCO1)NCCS(=O)(=O)NCc1ccccc1. The third kappa shape index (κ3) is 7.31. The summed E-state index contributed by atoms with van der Waals surface area (Å²) >= 11 is 0. The van der Waals surface area contributed by atoms with Crippen molar-refractivity contribution in [3.05, 3.63) is 35.9 Å². The second-order valence-corrected chi connectivity index (χ2v) is 8.58. The second kappa shape index (κ2) is 9.89. The largest absolute Gasteiger partial charge is 0.373 e. The number of sulfonamides is 1. The molecule has 0 radical (unpaired) electrons. The van der Waals surface area contributed by atoms with Gasteiger partial charge in [0.2, 0.25) is 10.0 Å². The Morgan fingerprint density at radius 2 is 2.04 bits per heavy atom. The smallest absolute Gasteiger partial charge is 0.213 e. The zero-order valence-corrected chi connectivity index (χ0v) is 16.4. The number of benzene rings is 1. The van der Waals surface area contributed by atoms with Gasteiger partial charge in [0.05, 0.1) is 17.9 Å². The first-order valence-corrected chi connectivity index (χ1v) is 10.8. The van der Waals surface area contributed by atoms with Crippen LogP contribution in [0, 0.1) is 0 Å². The zero-order chi connectivity index (χ0) is 18.9. The molecule has 1 unspecified atom stereocenters. The molecule has 1 heterocycles. The van der Waals surface area contributed by atoms with Crippen LogP contribution in [-0.4, -0.2) is 52.0 Å². The standard InChI is InChI=1S/C18H30N4O3S/c1-3-19-17(21-15-18(2)10-7-12-25-18)20-11-13-26(23,24)22-14-16-8-5-4-6-9-16/h4-6,8-9,22H,3,7,10-15H2,1-2H3,(H2,19,20,21). The minimum Gasteiger partial charge on any atom is -0.373 e. The van der Waals surface area contributed by atoms with Gasteiger partial charge in [-0.2, -0.15) is 0 Å². The van der Waals surface area contributed by atoms with Gasteiger partial charge < -0.3 is 15.4 Å². The molecular formula is C18H30N4O3S. The molecule has 1 saturated heterocycles. The Hall–Kier alpha value is -1.64. The lowest BCUT2D eigenvalue weighted by molar-refractivity contribution is 0.0283. The van der Waals surface area contributed by atoms with Crippen LogP contribution in [0.5, 0.6) is 0 Å². The number of nitrogens with zero attached hydrogens (tertiary/aromatic N) is 1. The van der Waals surface area contributed by atoms with Crippen molar-refractivity contribution in [2.75, 3.05) is 32.0 Å². The molecule has 0 aliphatic carbocycles. The summed E-state index contributed by atoms with van der Waals surface area (Å²) < 4.78 is 32.6. The molecule has 2 rings (SSSR count). The molecule has 1 aromatic rings. The van der Waals surface area contributed by atoms with Crippen LogP contribution < -0.4 is 15.4 Å². The summed E-state index contributed by atoms with van der Waals surface area (Å²) in [5, 5.41) is 6.22. The van der Waals surface area contributed by atoms with E-state index in [1.165, 1.54) is 0 Å². The van der Waals surface area contributed by atoms with E-state index in [0.29, 0.717) is 25.6 Å². The van der Waals surface area contributed by atoms with Crippen LogP contribution in [0.4, 0.5) is 0 Å². The molecule has 7 nitrogen and oxygen atoms in total. The number of rotatable bonds is 9. The van der Waals surface area contributed by atoms with Gasteiger partial charge in [-0.25, -0.2) is 13.1 Å². The fourth-order valence-corrected chi connectivity index (χ4v) is 3.62. The lowest BCUT2D eigenvalue weighted by atomic mass is 10.0. The van der Waals surface area contributed by atoms with Crippen molar-refractivity contribution < 1.29 is 13.2 Å². The van der Waals surface area contributed by atoms with E-state index in [9.17, 15) is 8.42 Å². The van der Waals surface area contributed by atoms with Gasteiger partial charge in [-0.3, -0.25) is 4.99 Å². The maximum atomic E-state index is 12.1. The Labute approximate surface area is 156 Å². The van der Waals surface area contributed by atoms with Gasteiger partial charge in [0, 0.05) is 26.2 Å². The van der Waals surface area contributed by atoms with Crippen molar-refractivity contribution in [3.8, 4) is 0 Å². The van der Waals surface area contributed by atoms with Gasteiger partial charge in [0.15, 0.2) is 5.96 Å². The highest BCUT2D eigenvalue weighted by Gasteiger charge is 2.29. The van der Waals surface area contributed by atoms with Crippen LogP contribution in [0.2, 0.25) is 0 Å². The molecule has 0 bridgehead atoms. The molecule has 146 valence electrons. The third-order valence-electron chi connectivity index (χ3n) is 4.22. The number of ether oxygens (including phenoxy) is 1. The van der Waals surface area contributed by atoms with Crippen molar-refractivity contribution in [2.45, 2.75) is 38.8 Å². The lowest BCUT2D eigenvalue weighted by Crippen LogP contribution is -2.42. The van der Waals surface area contributed by atoms with Crippen LogP contribution in [0.1, 0.15) is 32.3 Å². The molecule has 8 heteroatoms. The quantitative estimate of drug-likeness (QED) is 0.441. The predicted molar refractivity (Wildman–Crippen MR) is 105 cm³/mol. The summed E-state index contributed by atoms with van der Waals surface area (Å²) in [4.78, 5) is 4.53. The first-order valence-electron chi connectivity index (χ1n) is 9.10. The Bertz CT molecular complexity index is 671. The van der Waals surface area contributed by atoms with Crippen LogP contribution in [0.25, 0.3) is 0 Å². The average molecular weight is 383 g/mol. The van der Waals surface area contributed by atoms with Crippen LogP contribution >= 0.6 is 0 Å². The van der Waals surface area contributed by atoms with E-state index < -0.39 is 10.0 Å². The summed E-state index contributed by atoms with van der Waals surface area (Å²) in [5.41, 5.74) is 0.717. The minimum absolute atomic E-state index is 0.0159. The van der Waals surface area contributed by atoms with Crippen LogP contribution in [0.3, 0.4) is 0 Å². The Morgan fingerprint density at radius 3 is 2.69 bits per heavy atom. The normalized spacial score (nSPS) is 20.9. The van der Waals surface area contributed by atoms with Gasteiger partial charge in [-0.05, 0) is 32.3 Å². The van der Waals surface area contributed by atoms with Gasteiger partial charge >= 0.3 is 0 Å². The van der Waals surface area contributed by atoms with E-state index in [1.807, 2.05) is 37.3 Å². The molecule has 0 saturated carbocycles. The Morgan fingerprint density at radius 1 is 1.27 bits per heavy atom. The van der Waals surface area contributed by atoms with Crippen molar-refractivity contribution in [2.24, 2.45) is 4.99 Å². The minimum atomic E-state index is -3.35. The van der Waals surface area contributed by atoms with E-state index in [-0.39, 0.29) is 17.9 Å². The van der Waals surface area contributed by atoms with Crippen LogP contribution in [0.15, 0.2) is 35.3 Å². The van der Waals surface area contributed by atoms with Crippen molar-refractivity contribution in [1.29, 1.82) is 0 Å². The lowest BCUT2D eigenvalue weighted by Gasteiger charge is -2.21. The van der Waals surface area contributed by atoms with E-state index in [0.717, 1.165) is 25.0 Å². The maximum absolute atomic E-state index is 12.1. The second-order valence-electron chi connectivity index (χ2n) is 6.65. The van der Waals surface area contributed by atoms with Crippen LogP contribution in [-0.2, 0) is 21.3 Å². The fraction of sp³-hybridized carbons (Fsp3) is 0.611. The van der Waals surface area contributed by atoms with E-state index in [2.05, 4.69) is 27.3 Å². The van der Waals surface area contributed by atoms with E-state index in [4.69, 9.17) is 4.74 Å². The van der Waals surface area contributed by atoms with Gasteiger partial charge in [-0.15, -0.1) is 0 Å². The van der Waals surface area contributed by atoms with Gasteiger partial charge in [0.1, 0.15) is 0 Å². The molecule has 1 aliphatic heterocycles. The number of guanidine groups is 1. The average Bonchev–Trinajstić information content (AvgIpc) is 3.06. The third-order valence-corrected chi connectivity index (χ3v) is 5.54. The monoisotopic (exact) mass is 382 g/mol. The Kier molecular flexibility index (Phi) is 7.86. The number of aliphatic imine (C=N–C) groups is 1. The topological polar surface area (TPSA) is 91.8 Å². The maximum Gasteiger partial charge on any atom is 0.213 e. The molecule has 3 N–H and O–H groups in total. The highest BCUT2D eigenvalue weighted by molar-refractivity contribution is 7.89. The predicted octanol–water partition coefficient (Wildman–Crippen LogP) is 1.23. The Balaban J connectivity index is 1.78. The summed E-state index contributed by atoms with van der Waals surface area (Å²) in [7, 11) is -3.35. The molecule has 0 spiro atoms. The molecule has 1 atom stereocenters. The highest BCUT2D eigenvalue weighted by Crippen LogP contribution is 2.24. The van der Waals surface area contributed by atoms with Gasteiger partial charge in [-0.1, -0.05) is 30.3 Å². The number of nitrogens with one attached hydrogen (secondary N) is 3. The molecule has 1 aliphatic rings. The van der Waals surface area contributed by atoms with Gasteiger partial charge in [0.25, 0.3) is 0 Å². The molecule has 1 fully saturated rings. The summed E-state index contributed by atoms with van der Waals surface area (Å²) in [5.74, 6) is 0.598. The molecule has 1 aromatic carbocycles. The van der Waals surface area contributed by atoms with E-state index in [1.54, 1.807) is 0 Å². The first-order chi connectivity index (χ1) is 12.4. The first kappa shape index (κ1) is 20.7. The molecule has 0 aromatic heterocycles. The fourth-order valence-electron chi connectivity index (χ4n) is 2.71. The molecular weight excluding hydrogens is 352 g/mol. The van der Waals surface area contributed by atoms with E-state index >= 15 is 0 Å². The number of hydrogen-bond acceptors (Lipinski definition) is 4. The summed E-state index contributed by atoms with van der Waals surface area (Å²) in [6.07, 6.45) is 2.05. The summed E-state index contributed by atoms with van der Waals surface area (Å²) in [6.45, 7) is 6.67. The van der Waals surface area contributed by atoms with Crippen molar-refractivity contribution in [1.82, 2.24) is 15.4 Å². The van der Waals surface area contributed by atoms with Crippen molar-refractivity contribution in [3.63, 3.8) is 0 Å². The number of hydrogen-bond donors (Lipinski definition) is 3. The summed E-state index contributed by atoms with van der Waals surface area (Å²) in [6, 6.07) is 9.46.